The Balaban J connectivity index is 2.10. The second kappa shape index (κ2) is 8.27. The molecule has 0 amide bonds. The first kappa shape index (κ1) is 19.8. The molecule has 6 heteroatoms. The number of ether oxygens (including phenoxy) is 1. The number of aliphatic hydroxyl groups excluding tert-OH is 1. The minimum Gasteiger partial charge on any atom is -0.455 e. The predicted molar refractivity (Wildman–Crippen MR) is 94.6 cm³/mol. The third-order valence-electron chi connectivity index (χ3n) is 4.50. The summed E-state index contributed by atoms with van der Waals surface area (Å²) in [6.45, 7) is 8.93. The monoisotopic (exact) mass is 360 g/mol. The Bertz CT molecular complexity index is 754. The fraction of sp³-hybridized carbons (Fsp3) is 0.450. The summed E-state index contributed by atoms with van der Waals surface area (Å²) in [4.78, 5) is 34.0. The van der Waals surface area contributed by atoms with Crippen LogP contribution in [0.3, 0.4) is 0 Å². The van der Waals surface area contributed by atoms with Gasteiger partial charge < -0.3 is 14.3 Å². The molecule has 0 spiro atoms. The number of hydrogen-bond acceptors (Lipinski definition) is 6. The maximum Gasteiger partial charge on any atom is 0.334 e. The summed E-state index contributed by atoms with van der Waals surface area (Å²) in [5, 5.41) is 10.7. The summed E-state index contributed by atoms with van der Waals surface area (Å²) in [7, 11) is 0. The second-order valence-corrected chi connectivity index (χ2v) is 6.79. The van der Waals surface area contributed by atoms with Crippen LogP contribution < -0.4 is 0 Å². The molecule has 3 atom stereocenters. The maximum atomic E-state index is 11.9. The van der Waals surface area contributed by atoms with E-state index in [2.05, 4.69) is 6.58 Å². The number of aryl methyl sites for hydroxylation is 1. The molecule has 1 aliphatic heterocycles. The molecular weight excluding hydrogens is 336 g/mol. The first-order valence-corrected chi connectivity index (χ1v) is 8.53. The lowest BCUT2D eigenvalue weighted by Gasteiger charge is -2.22. The van der Waals surface area contributed by atoms with Crippen LogP contribution in [0.4, 0.5) is 0 Å². The van der Waals surface area contributed by atoms with Gasteiger partial charge in [0.05, 0.1) is 0 Å². The van der Waals surface area contributed by atoms with Gasteiger partial charge in [-0.15, -0.1) is 0 Å². The van der Waals surface area contributed by atoms with Gasteiger partial charge in [-0.1, -0.05) is 12.2 Å². The summed E-state index contributed by atoms with van der Waals surface area (Å²) < 4.78 is 10.6. The second-order valence-electron chi connectivity index (χ2n) is 6.79. The Morgan fingerprint density at radius 2 is 2.12 bits per heavy atom. The summed E-state index contributed by atoms with van der Waals surface area (Å²) in [5.74, 6) is -0.331. The minimum absolute atomic E-state index is 0.0465. The molecule has 3 unspecified atom stereocenters. The molecule has 2 heterocycles. The van der Waals surface area contributed by atoms with Crippen molar-refractivity contribution in [3.63, 3.8) is 0 Å². The van der Waals surface area contributed by atoms with Crippen LogP contribution in [0.1, 0.15) is 61.1 Å². The highest BCUT2D eigenvalue weighted by Gasteiger charge is 2.30. The van der Waals surface area contributed by atoms with E-state index in [9.17, 15) is 19.5 Å². The van der Waals surface area contributed by atoms with Crippen LogP contribution in [0, 0.1) is 12.8 Å². The van der Waals surface area contributed by atoms with Crippen LogP contribution >= 0.6 is 0 Å². The molecule has 0 aromatic carbocycles. The average Bonchev–Trinajstić information content (AvgIpc) is 3.09. The van der Waals surface area contributed by atoms with E-state index in [-0.39, 0.29) is 23.9 Å². The predicted octanol–water partition coefficient (Wildman–Crippen LogP) is 3.24. The first-order valence-electron chi connectivity index (χ1n) is 8.53. The van der Waals surface area contributed by atoms with E-state index in [1.54, 1.807) is 26.0 Å². The van der Waals surface area contributed by atoms with E-state index in [0.29, 0.717) is 36.0 Å². The Labute approximate surface area is 152 Å². The van der Waals surface area contributed by atoms with E-state index in [1.807, 2.05) is 0 Å². The Kier molecular flexibility index (Phi) is 6.32. The van der Waals surface area contributed by atoms with E-state index in [0.717, 1.165) is 5.57 Å². The van der Waals surface area contributed by atoms with Crippen molar-refractivity contribution in [2.24, 2.45) is 5.92 Å². The highest BCUT2D eigenvalue weighted by Crippen LogP contribution is 2.35. The van der Waals surface area contributed by atoms with E-state index >= 15 is 0 Å². The number of carbonyl (C=O) groups is 3. The maximum absolute atomic E-state index is 11.9. The lowest BCUT2D eigenvalue weighted by molar-refractivity contribution is -0.140. The largest absolute Gasteiger partial charge is 0.455 e. The fourth-order valence-electron chi connectivity index (χ4n) is 3.15. The topological polar surface area (TPSA) is 93.8 Å². The lowest BCUT2D eigenvalue weighted by atomic mass is 9.87. The van der Waals surface area contributed by atoms with Crippen LogP contribution in [0.5, 0.6) is 0 Å². The SMILES string of the molecule is C=C(C)C(CCC1=CC(CC(C)=O)OC1=O)C(O)c1oc(C=O)cc1C. The molecule has 26 heavy (non-hydrogen) atoms. The van der Waals surface area contributed by atoms with Crippen molar-refractivity contribution in [3.05, 3.63) is 47.0 Å². The average molecular weight is 360 g/mol. The van der Waals surface area contributed by atoms with Crippen LogP contribution in [0.25, 0.3) is 0 Å². The number of esters is 1. The van der Waals surface area contributed by atoms with Crippen molar-refractivity contribution in [2.45, 2.75) is 52.2 Å². The smallest absolute Gasteiger partial charge is 0.334 e. The van der Waals surface area contributed by atoms with Crippen molar-refractivity contribution >= 4 is 18.0 Å². The fourth-order valence-corrected chi connectivity index (χ4v) is 3.15. The quantitative estimate of drug-likeness (QED) is 0.413. The van der Waals surface area contributed by atoms with Crippen LogP contribution in [0.15, 0.2) is 34.3 Å². The van der Waals surface area contributed by atoms with Crippen molar-refractivity contribution in [1.29, 1.82) is 0 Å². The molecule has 0 fully saturated rings. The molecule has 140 valence electrons. The van der Waals surface area contributed by atoms with Crippen molar-refractivity contribution in [3.8, 4) is 0 Å². The number of hydrogen-bond donors (Lipinski definition) is 1. The number of furan rings is 1. The number of aldehydes is 1. The molecule has 0 bridgehead atoms. The normalized spacial score (nSPS) is 18.8. The van der Waals surface area contributed by atoms with Crippen LogP contribution in [-0.2, 0) is 14.3 Å². The minimum atomic E-state index is -0.966. The van der Waals surface area contributed by atoms with Gasteiger partial charge in [0.2, 0.25) is 0 Å². The molecule has 1 aliphatic rings. The van der Waals surface area contributed by atoms with Gasteiger partial charge in [0.1, 0.15) is 23.8 Å². The Morgan fingerprint density at radius 3 is 2.65 bits per heavy atom. The molecule has 0 radical (unpaired) electrons. The molecular formula is C20H24O6. The highest BCUT2D eigenvalue weighted by atomic mass is 16.5. The zero-order valence-corrected chi connectivity index (χ0v) is 15.3. The van der Waals surface area contributed by atoms with Gasteiger partial charge in [-0.3, -0.25) is 9.59 Å². The van der Waals surface area contributed by atoms with Gasteiger partial charge in [-0.05, 0) is 51.3 Å². The molecule has 2 rings (SSSR count). The number of cyclic esters (lactones) is 1. The van der Waals surface area contributed by atoms with E-state index in [1.165, 1.54) is 6.92 Å². The molecule has 1 N–H and O–H groups in total. The third-order valence-corrected chi connectivity index (χ3v) is 4.50. The number of Topliss-reactive ketones (excluding diaryl/α,β-unsaturated/α-hetero) is 1. The van der Waals surface area contributed by atoms with Gasteiger partial charge >= 0.3 is 5.97 Å². The molecule has 6 nitrogen and oxygen atoms in total. The standard InChI is InChI=1S/C20H24O6/c1-11(2)17(18(23)19-12(3)7-16(10-21)25-19)6-5-14-9-15(8-13(4)22)26-20(14)24/h7,9-10,15,17-18,23H,1,5-6,8H2,2-4H3. The van der Waals surface area contributed by atoms with Crippen LogP contribution in [0.2, 0.25) is 0 Å². The summed E-state index contributed by atoms with van der Waals surface area (Å²) >= 11 is 0. The molecule has 0 aliphatic carbocycles. The van der Waals surface area contributed by atoms with Gasteiger partial charge in [-0.25, -0.2) is 4.79 Å². The molecule has 1 aromatic rings. The van der Waals surface area contributed by atoms with E-state index in [4.69, 9.17) is 9.15 Å². The van der Waals surface area contributed by atoms with Crippen molar-refractivity contribution < 1.29 is 28.6 Å². The summed E-state index contributed by atoms with van der Waals surface area (Å²) in [5.41, 5.74) is 1.93. The van der Waals surface area contributed by atoms with Crippen molar-refractivity contribution in [1.82, 2.24) is 0 Å². The zero-order chi connectivity index (χ0) is 19.4. The molecule has 1 aromatic heterocycles. The Hall–Kier alpha value is -2.47. The number of carbonyl (C=O) groups excluding carboxylic acids is 3. The lowest BCUT2D eigenvalue weighted by Crippen LogP contribution is -2.15. The molecule has 0 saturated carbocycles. The highest BCUT2D eigenvalue weighted by molar-refractivity contribution is 5.91. The summed E-state index contributed by atoms with van der Waals surface area (Å²) in [6.07, 6.45) is 1.81. The number of aliphatic hydroxyl groups is 1. The van der Waals surface area contributed by atoms with Crippen molar-refractivity contribution in [2.75, 3.05) is 0 Å². The number of rotatable bonds is 9. The van der Waals surface area contributed by atoms with Crippen LogP contribution in [-0.4, -0.2) is 29.2 Å². The Morgan fingerprint density at radius 1 is 1.42 bits per heavy atom. The zero-order valence-electron chi connectivity index (χ0n) is 15.3. The molecule has 0 saturated heterocycles. The van der Waals surface area contributed by atoms with Gasteiger partial charge in [0, 0.05) is 17.9 Å². The van der Waals surface area contributed by atoms with Gasteiger partial charge in [-0.2, -0.15) is 0 Å². The van der Waals surface area contributed by atoms with Gasteiger partial charge in [0.15, 0.2) is 12.0 Å². The van der Waals surface area contributed by atoms with E-state index < -0.39 is 18.2 Å². The van der Waals surface area contributed by atoms with Gasteiger partial charge in [0.25, 0.3) is 0 Å². The summed E-state index contributed by atoms with van der Waals surface area (Å²) in [6, 6.07) is 1.57. The third kappa shape index (κ3) is 4.58. The number of ketones is 1. The first-order chi connectivity index (χ1) is 12.2.